The maximum Gasteiger partial charge on any atom is 0.358 e. The molecule has 0 N–H and O–H groups in total. The molecule has 2 aromatic rings. The van der Waals surface area contributed by atoms with E-state index in [-0.39, 0.29) is 17.7 Å². The molecule has 0 bridgehead atoms. The van der Waals surface area contributed by atoms with E-state index in [1.807, 2.05) is 54.6 Å². The minimum absolute atomic E-state index is 0.114. The van der Waals surface area contributed by atoms with Crippen molar-refractivity contribution in [3.8, 4) is 5.75 Å². The van der Waals surface area contributed by atoms with Crippen LogP contribution in [-0.2, 0) is 11.3 Å². The van der Waals surface area contributed by atoms with Crippen molar-refractivity contribution < 1.29 is 14.3 Å². The van der Waals surface area contributed by atoms with E-state index in [0.29, 0.717) is 13.0 Å². The van der Waals surface area contributed by atoms with E-state index in [1.54, 1.807) is 12.0 Å². The summed E-state index contributed by atoms with van der Waals surface area (Å²) >= 11 is 0. The lowest BCUT2D eigenvalue weighted by Crippen LogP contribution is -2.29. The lowest BCUT2D eigenvalue weighted by atomic mass is 10.0. The highest BCUT2D eigenvalue weighted by molar-refractivity contribution is 6.38. The smallest absolute Gasteiger partial charge is 0.358 e. The Bertz CT molecular complexity index is 750. The zero-order chi connectivity index (χ0) is 16.2. The van der Waals surface area contributed by atoms with Crippen LogP contribution < -0.4 is 4.74 Å². The Kier molecular flexibility index (Phi) is 4.22. The van der Waals surface area contributed by atoms with Crippen LogP contribution >= 0.6 is 0 Å². The number of rotatable bonds is 4. The van der Waals surface area contributed by atoms with Gasteiger partial charge in [-0.05, 0) is 23.3 Å². The molecule has 1 aliphatic rings. The van der Waals surface area contributed by atoms with E-state index in [1.165, 1.54) is 0 Å². The molecule has 1 saturated heterocycles. The first-order valence-corrected chi connectivity index (χ1v) is 7.42. The number of hydrogen-bond acceptors (Lipinski definition) is 2. The van der Waals surface area contributed by atoms with Crippen molar-refractivity contribution in [2.24, 2.45) is 0 Å². The van der Waals surface area contributed by atoms with E-state index >= 15 is 0 Å². The van der Waals surface area contributed by atoms with Gasteiger partial charge in [-0.1, -0.05) is 42.5 Å². The lowest BCUT2D eigenvalue weighted by Gasteiger charge is -2.23. The number of nitrogens with zero attached hydrogens (tertiary/aromatic N) is 3. The molecule has 1 heterocycles. The van der Waals surface area contributed by atoms with Crippen LogP contribution in [0.1, 0.15) is 23.6 Å². The van der Waals surface area contributed by atoms with Crippen LogP contribution in [0.2, 0.25) is 0 Å². The van der Waals surface area contributed by atoms with Crippen molar-refractivity contribution in [2.75, 3.05) is 7.11 Å². The van der Waals surface area contributed by atoms with Gasteiger partial charge in [0.05, 0.1) is 19.6 Å². The summed E-state index contributed by atoms with van der Waals surface area (Å²) in [6.45, 7) is 0.460. The fourth-order valence-corrected chi connectivity index (χ4v) is 2.85. The first-order chi connectivity index (χ1) is 11.2. The Morgan fingerprint density at radius 2 is 1.87 bits per heavy atom. The zero-order valence-corrected chi connectivity index (χ0v) is 12.8. The number of carbonyl (C=O) groups is 1. The molecule has 0 spiro atoms. The fraction of sp³-hybridized carbons (Fsp3) is 0.222. The Labute approximate surface area is 134 Å². The van der Waals surface area contributed by atoms with Crippen LogP contribution in [0.3, 0.4) is 0 Å². The van der Waals surface area contributed by atoms with E-state index in [4.69, 9.17) is 10.3 Å². The van der Waals surface area contributed by atoms with Crippen molar-refractivity contribution in [1.82, 2.24) is 4.90 Å². The Balaban J connectivity index is 1.89. The second-order valence-corrected chi connectivity index (χ2v) is 5.46. The van der Waals surface area contributed by atoms with Gasteiger partial charge >= 0.3 is 11.6 Å². The van der Waals surface area contributed by atoms with E-state index < -0.39 is 0 Å². The molecule has 1 atom stereocenters. The summed E-state index contributed by atoms with van der Waals surface area (Å²) in [7, 11) is 1.62. The van der Waals surface area contributed by atoms with Crippen molar-refractivity contribution in [3.63, 3.8) is 0 Å². The van der Waals surface area contributed by atoms with Crippen molar-refractivity contribution in [1.29, 1.82) is 0 Å². The third-order valence-electron chi connectivity index (χ3n) is 4.09. The lowest BCUT2D eigenvalue weighted by molar-refractivity contribution is -0.128. The Morgan fingerprint density at radius 3 is 2.48 bits per heavy atom. The highest BCUT2D eigenvalue weighted by atomic mass is 16.5. The molecule has 1 amide bonds. The third-order valence-corrected chi connectivity index (χ3v) is 4.09. The molecule has 0 radical (unpaired) electrons. The number of likely N-dealkylation sites (tertiary alicyclic amines) is 1. The molecule has 3 rings (SSSR count). The Hall–Kier alpha value is -2.91. The Morgan fingerprint density at radius 1 is 1.17 bits per heavy atom. The highest BCUT2D eigenvalue weighted by Gasteiger charge is 2.42. The maximum absolute atomic E-state index is 12.5. The molecule has 116 valence electrons. The van der Waals surface area contributed by atoms with Gasteiger partial charge in [0, 0.05) is 6.54 Å². The molecule has 1 fully saturated rings. The van der Waals surface area contributed by atoms with Crippen LogP contribution in [0.25, 0.3) is 5.53 Å². The van der Waals surface area contributed by atoms with Crippen molar-refractivity contribution >= 4 is 11.6 Å². The average Bonchev–Trinajstić information content (AvgIpc) is 2.92. The van der Waals surface area contributed by atoms with Gasteiger partial charge in [-0.2, -0.15) is 4.79 Å². The number of methoxy groups -OCH3 is 1. The number of amides is 1. The summed E-state index contributed by atoms with van der Waals surface area (Å²) in [5.74, 6) is 0.552. The summed E-state index contributed by atoms with van der Waals surface area (Å²) in [6, 6.07) is 17.3. The van der Waals surface area contributed by atoms with Gasteiger partial charge in [-0.25, -0.2) is 0 Å². The summed E-state index contributed by atoms with van der Waals surface area (Å²) in [4.78, 5) is 17.4. The summed E-state index contributed by atoms with van der Waals surface area (Å²) < 4.78 is 5.15. The minimum Gasteiger partial charge on any atom is -0.497 e. The third kappa shape index (κ3) is 3.00. The highest BCUT2D eigenvalue weighted by Crippen LogP contribution is 2.32. The normalized spacial score (nSPS) is 17.3. The van der Waals surface area contributed by atoms with Gasteiger partial charge in [0.25, 0.3) is 0 Å². The maximum atomic E-state index is 12.5. The number of ether oxygens (including phenoxy) is 1. The van der Waals surface area contributed by atoms with Crippen molar-refractivity contribution in [3.05, 3.63) is 71.3 Å². The van der Waals surface area contributed by atoms with Crippen LogP contribution in [0.4, 0.5) is 0 Å². The molecule has 0 aromatic heterocycles. The molecule has 1 unspecified atom stereocenters. The van der Waals surface area contributed by atoms with E-state index in [0.717, 1.165) is 16.9 Å². The summed E-state index contributed by atoms with van der Waals surface area (Å²) in [5.41, 5.74) is 11.3. The molecule has 2 aromatic carbocycles. The topological polar surface area (TPSA) is 65.9 Å². The molecular weight excluding hydrogens is 290 g/mol. The van der Waals surface area contributed by atoms with Crippen molar-refractivity contribution in [2.45, 2.75) is 19.0 Å². The molecular formula is C18H17N3O2. The van der Waals surface area contributed by atoms with Crippen LogP contribution in [0, 0.1) is 0 Å². The molecule has 5 nitrogen and oxygen atoms in total. The predicted molar refractivity (Wildman–Crippen MR) is 86.0 cm³/mol. The largest absolute Gasteiger partial charge is 0.497 e. The molecule has 1 aliphatic heterocycles. The summed E-state index contributed by atoms with van der Waals surface area (Å²) in [6.07, 6.45) is 0.412. The van der Waals surface area contributed by atoms with Gasteiger partial charge in [0.1, 0.15) is 5.75 Å². The van der Waals surface area contributed by atoms with Crippen LogP contribution in [-0.4, -0.2) is 28.4 Å². The first-order valence-electron chi connectivity index (χ1n) is 7.42. The SMILES string of the molecule is COc1ccc(CN2C(=O)C(=[N+]=[N-])CC2c2ccccc2)cc1. The van der Waals surface area contributed by atoms with E-state index in [9.17, 15) is 4.79 Å². The second-order valence-electron chi connectivity index (χ2n) is 5.46. The molecule has 0 aliphatic carbocycles. The van der Waals surface area contributed by atoms with Crippen LogP contribution in [0.5, 0.6) is 5.75 Å². The van der Waals surface area contributed by atoms with Gasteiger partial charge in [0.15, 0.2) is 0 Å². The average molecular weight is 307 g/mol. The van der Waals surface area contributed by atoms with Gasteiger partial charge in [-0.3, -0.25) is 4.79 Å². The fourth-order valence-electron chi connectivity index (χ4n) is 2.85. The number of benzene rings is 2. The van der Waals surface area contributed by atoms with Gasteiger partial charge in [0.2, 0.25) is 0 Å². The predicted octanol–water partition coefficient (Wildman–Crippen LogP) is 2.84. The standard InChI is InChI=1S/C18H17N3O2/c1-23-15-9-7-13(8-10-15)12-21-17(11-16(20-19)18(21)22)14-5-3-2-4-6-14/h2-10,17H,11-12H2,1H3. The quantitative estimate of drug-likeness (QED) is 0.644. The van der Waals surface area contributed by atoms with Gasteiger partial charge in [-0.15, -0.1) is 0 Å². The number of carbonyl (C=O) groups excluding carboxylic acids is 1. The molecule has 23 heavy (non-hydrogen) atoms. The first kappa shape index (κ1) is 15.0. The van der Waals surface area contributed by atoms with E-state index in [2.05, 4.69) is 4.79 Å². The summed E-state index contributed by atoms with van der Waals surface area (Å²) in [5, 5.41) is 0. The van der Waals surface area contributed by atoms with Crippen LogP contribution in [0.15, 0.2) is 54.6 Å². The minimum atomic E-state index is -0.225. The molecule has 5 heteroatoms. The van der Waals surface area contributed by atoms with Gasteiger partial charge < -0.3 is 15.2 Å². The second kappa shape index (κ2) is 6.46. The molecule has 0 saturated carbocycles. The monoisotopic (exact) mass is 307 g/mol. The number of hydrogen-bond donors (Lipinski definition) is 0. The zero-order valence-electron chi connectivity index (χ0n) is 12.8.